The van der Waals surface area contributed by atoms with Crippen LogP contribution in [0, 0.1) is 0 Å². The topological polar surface area (TPSA) is 55.6 Å². The number of methoxy groups -OCH3 is 1. The van der Waals surface area contributed by atoms with E-state index in [2.05, 4.69) is 0 Å². The average Bonchev–Trinajstić information content (AvgIpc) is 2.66. The first-order chi connectivity index (χ1) is 8.74. The van der Waals surface area contributed by atoms with Crippen molar-refractivity contribution in [3.05, 3.63) is 23.8 Å². The third-order valence-corrected chi connectivity index (χ3v) is 4.05. The fourth-order valence-electron chi connectivity index (χ4n) is 2.05. The molecule has 1 aliphatic heterocycles. The Morgan fingerprint density at radius 2 is 2.22 bits per heavy atom. The van der Waals surface area contributed by atoms with E-state index in [4.69, 9.17) is 10.5 Å². The van der Waals surface area contributed by atoms with E-state index in [0.29, 0.717) is 17.0 Å². The number of hydrogen-bond donors (Lipinski definition) is 1. The first-order valence-corrected chi connectivity index (χ1v) is 7.19. The van der Waals surface area contributed by atoms with Crippen LogP contribution in [0.5, 0.6) is 5.75 Å². The Bertz CT molecular complexity index is 429. The quantitative estimate of drug-likeness (QED) is 0.830. The molecule has 1 saturated heterocycles. The number of ether oxygens (including phenoxy) is 1. The summed E-state index contributed by atoms with van der Waals surface area (Å²) in [6.45, 7) is 1.57. The number of carbonyl (C=O) groups excluding carboxylic acids is 1. The molecule has 0 atom stereocenters. The van der Waals surface area contributed by atoms with Gasteiger partial charge in [-0.25, -0.2) is 0 Å². The van der Waals surface area contributed by atoms with Crippen LogP contribution in [0.1, 0.15) is 16.8 Å². The molecule has 1 fully saturated rings. The van der Waals surface area contributed by atoms with E-state index in [1.54, 1.807) is 25.3 Å². The molecule has 18 heavy (non-hydrogen) atoms. The van der Waals surface area contributed by atoms with Crippen LogP contribution in [-0.2, 0) is 0 Å². The number of rotatable bonds is 2. The molecule has 0 aromatic heterocycles. The minimum Gasteiger partial charge on any atom is -0.496 e. The van der Waals surface area contributed by atoms with E-state index in [-0.39, 0.29) is 5.91 Å². The highest BCUT2D eigenvalue weighted by Gasteiger charge is 2.22. The molecule has 4 nitrogen and oxygen atoms in total. The summed E-state index contributed by atoms with van der Waals surface area (Å²) < 4.78 is 5.24. The summed E-state index contributed by atoms with van der Waals surface area (Å²) in [5.74, 6) is 2.63. The Kier molecular flexibility index (Phi) is 4.36. The molecule has 1 amide bonds. The number of nitrogens with two attached hydrogens (primary N) is 1. The van der Waals surface area contributed by atoms with Gasteiger partial charge in [-0.1, -0.05) is 6.07 Å². The van der Waals surface area contributed by atoms with Gasteiger partial charge in [-0.05, 0) is 24.3 Å². The Morgan fingerprint density at radius 1 is 1.39 bits per heavy atom. The second kappa shape index (κ2) is 6.00. The van der Waals surface area contributed by atoms with Crippen LogP contribution >= 0.6 is 11.8 Å². The van der Waals surface area contributed by atoms with Crippen LogP contribution in [-0.4, -0.2) is 42.5 Å². The standard InChI is InChI=1S/C13H18N2O2S/c1-17-11-5-2-4-10(14)12(11)13(16)15-6-3-8-18-9-7-15/h2,4-5H,3,6-9,14H2,1H3. The maximum atomic E-state index is 12.5. The summed E-state index contributed by atoms with van der Waals surface area (Å²) in [4.78, 5) is 14.4. The molecule has 5 heteroatoms. The molecular weight excluding hydrogens is 248 g/mol. The average molecular weight is 266 g/mol. The second-order valence-electron chi connectivity index (χ2n) is 4.18. The number of carbonyl (C=O) groups is 1. The minimum absolute atomic E-state index is 0.0209. The van der Waals surface area contributed by atoms with Gasteiger partial charge in [0, 0.05) is 24.5 Å². The summed E-state index contributed by atoms with van der Waals surface area (Å²) >= 11 is 1.89. The normalized spacial score (nSPS) is 16.2. The monoisotopic (exact) mass is 266 g/mol. The molecule has 0 aliphatic carbocycles. The molecule has 1 aromatic rings. The van der Waals surface area contributed by atoms with Crippen LogP contribution in [0.3, 0.4) is 0 Å². The lowest BCUT2D eigenvalue weighted by atomic mass is 10.1. The molecule has 0 unspecified atom stereocenters. The second-order valence-corrected chi connectivity index (χ2v) is 5.41. The van der Waals surface area contributed by atoms with E-state index in [1.807, 2.05) is 16.7 Å². The SMILES string of the molecule is COc1cccc(N)c1C(=O)N1CCCSCC1. The fraction of sp³-hybridized carbons (Fsp3) is 0.462. The third-order valence-electron chi connectivity index (χ3n) is 3.00. The van der Waals surface area contributed by atoms with Gasteiger partial charge in [0.2, 0.25) is 0 Å². The van der Waals surface area contributed by atoms with E-state index in [9.17, 15) is 4.79 Å². The third kappa shape index (κ3) is 2.72. The number of amides is 1. The van der Waals surface area contributed by atoms with E-state index >= 15 is 0 Å². The summed E-state index contributed by atoms with van der Waals surface area (Å²) in [5, 5.41) is 0. The van der Waals surface area contributed by atoms with Crippen molar-refractivity contribution in [3.8, 4) is 5.75 Å². The number of anilines is 1. The van der Waals surface area contributed by atoms with Crippen molar-refractivity contribution in [2.24, 2.45) is 0 Å². The zero-order valence-corrected chi connectivity index (χ0v) is 11.3. The molecule has 0 radical (unpaired) electrons. The molecule has 1 aliphatic rings. The molecule has 0 bridgehead atoms. The van der Waals surface area contributed by atoms with Gasteiger partial charge in [-0.3, -0.25) is 4.79 Å². The summed E-state index contributed by atoms with van der Waals surface area (Å²) in [5.41, 5.74) is 6.89. The first-order valence-electron chi connectivity index (χ1n) is 6.03. The van der Waals surface area contributed by atoms with Gasteiger partial charge in [-0.15, -0.1) is 0 Å². The highest BCUT2D eigenvalue weighted by molar-refractivity contribution is 7.99. The number of hydrogen-bond acceptors (Lipinski definition) is 4. The van der Waals surface area contributed by atoms with Crippen LogP contribution in [0.25, 0.3) is 0 Å². The number of thioether (sulfide) groups is 1. The van der Waals surface area contributed by atoms with Gasteiger partial charge in [0.25, 0.3) is 5.91 Å². The highest BCUT2D eigenvalue weighted by Crippen LogP contribution is 2.26. The molecular formula is C13H18N2O2S. The molecule has 0 spiro atoms. The van der Waals surface area contributed by atoms with Gasteiger partial charge >= 0.3 is 0 Å². The smallest absolute Gasteiger partial charge is 0.259 e. The highest BCUT2D eigenvalue weighted by atomic mass is 32.2. The summed E-state index contributed by atoms with van der Waals surface area (Å²) in [6.07, 6.45) is 1.03. The maximum absolute atomic E-state index is 12.5. The van der Waals surface area contributed by atoms with Crippen molar-refractivity contribution in [1.82, 2.24) is 4.90 Å². The Morgan fingerprint density at radius 3 is 3.00 bits per heavy atom. The lowest BCUT2D eigenvalue weighted by Crippen LogP contribution is -2.33. The lowest BCUT2D eigenvalue weighted by Gasteiger charge is -2.22. The summed E-state index contributed by atoms with van der Waals surface area (Å²) in [6, 6.07) is 5.31. The van der Waals surface area contributed by atoms with Crippen molar-refractivity contribution in [2.45, 2.75) is 6.42 Å². The Hall–Kier alpha value is -1.36. The number of nitrogens with zero attached hydrogens (tertiary/aromatic N) is 1. The predicted octanol–water partition coefficient (Wildman–Crippen LogP) is 1.86. The molecule has 2 N–H and O–H groups in total. The van der Waals surface area contributed by atoms with Crippen LogP contribution in [0.4, 0.5) is 5.69 Å². The van der Waals surface area contributed by atoms with Crippen LogP contribution in [0.2, 0.25) is 0 Å². The largest absolute Gasteiger partial charge is 0.496 e. The van der Waals surface area contributed by atoms with E-state index in [1.165, 1.54) is 0 Å². The predicted molar refractivity (Wildman–Crippen MR) is 75.3 cm³/mol. The van der Waals surface area contributed by atoms with Gasteiger partial charge in [0.1, 0.15) is 11.3 Å². The zero-order chi connectivity index (χ0) is 13.0. The number of nitrogen functional groups attached to an aromatic ring is 1. The van der Waals surface area contributed by atoms with Gasteiger partial charge < -0.3 is 15.4 Å². The molecule has 1 aromatic carbocycles. The van der Waals surface area contributed by atoms with Crippen molar-refractivity contribution in [2.75, 3.05) is 37.4 Å². The van der Waals surface area contributed by atoms with Crippen LogP contribution in [0.15, 0.2) is 18.2 Å². The van der Waals surface area contributed by atoms with Crippen molar-refractivity contribution in [1.29, 1.82) is 0 Å². The fourth-order valence-corrected chi connectivity index (χ4v) is 2.94. The lowest BCUT2D eigenvalue weighted by molar-refractivity contribution is 0.0766. The first kappa shape index (κ1) is 13.1. The van der Waals surface area contributed by atoms with Gasteiger partial charge in [0.15, 0.2) is 0 Å². The molecule has 98 valence electrons. The molecule has 0 saturated carbocycles. The molecule has 2 rings (SSSR count). The van der Waals surface area contributed by atoms with Gasteiger partial charge in [0.05, 0.1) is 7.11 Å². The Labute approximate surface area is 111 Å². The van der Waals surface area contributed by atoms with Gasteiger partial charge in [-0.2, -0.15) is 11.8 Å². The van der Waals surface area contributed by atoms with E-state index < -0.39 is 0 Å². The van der Waals surface area contributed by atoms with E-state index in [0.717, 1.165) is 31.0 Å². The maximum Gasteiger partial charge on any atom is 0.259 e. The zero-order valence-electron chi connectivity index (χ0n) is 10.5. The van der Waals surface area contributed by atoms with Crippen LogP contribution < -0.4 is 10.5 Å². The summed E-state index contributed by atoms with van der Waals surface area (Å²) in [7, 11) is 1.56. The van der Waals surface area contributed by atoms with Crippen molar-refractivity contribution < 1.29 is 9.53 Å². The van der Waals surface area contributed by atoms with Crippen molar-refractivity contribution in [3.63, 3.8) is 0 Å². The minimum atomic E-state index is -0.0209. The molecule has 1 heterocycles. The number of benzene rings is 1. The van der Waals surface area contributed by atoms with Crippen molar-refractivity contribution >= 4 is 23.4 Å². The Balaban J connectivity index is 2.27.